The van der Waals surface area contributed by atoms with Gasteiger partial charge in [0, 0.05) is 30.4 Å². The Hall–Kier alpha value is -2.01. The first-order valence-electron chi connectivity index (χ1n) is 7.48. The minimum Gasteiger partial charge on any atom is -0.366 e. The summed E-state index contributed by atoms with van der Waals surface area (Å²) in [6.45, 7) is 5.08. The number of benzene rings is 1. The molecule has 0 saturated carbocycles. The maximum atomic E-state index is 14.0. The van der Waals surface area contributed by atoms with Gasteiger partial charge >= 0.3 is 0 Å². The summed E-state index contributed by atoms with van der Waals surface area (Å²) in [4.78, 5) is 10.6. The molecule has 1 aromatic carbocycles. The molecule has 0 aliphatic carbocycles. The summed E-state index contributed by atoms with van der Waals surface area (Å²) in [5, 5.41) is 3.24. The number of aryl methyl sites for hydroxylation is 2. The molecule has 0 bridgehead atoms. The lowest BCUT2D eigenvalue weighted by atomic mass is 10.1. The summed E-state index contributed by atoms with van der Waals surface area (Å²) < 4.78 is 14.0. The fourth-order valence-electron chi connectivity index (χ4n) is 2.26. The molecule has 0 aliphatic rings. The smallest absolute Gasteiger partial charge is 0.130 e. The monoisotopic (exact) mass is 302 g/mol. The molecular formula is C17H23FN4. The molecule has 0 atom stereocenters. The van der Waals surface area contributed by atoms with Crippen LogP contribution in [0.5, 0.6) is 0 Å². The van der Waals surface area contributed by atoms with E-state index in [4.69, 9.17) is 0 Å². The van der Waals surface area contributed by atoms with Gasteiger partial charge in [0.1, 0.15) is 17.5 Å². The van der Waals surface area contributed by atoms with Gasteiger partial charge in [-0.15, -0.1) is 0 Å². The van der Waals surface area contributed by atoms with E-state index in [0.717, 1.165) is 29.3 Å². The van der Waals surface area contributed by atoms with Gasteiger partial charge in [-0.25, -0.2) is 14.4 Å². The van der Waals surface area contributed by atoms with Crippen LogP contribution in [0.4, 0.5) is 10.2 Å². The van der Waals surface area contributed by atoms with E-state index >= 15 is 0 Å². The molecule has 5 heteroatoms. The van der Waals surface area contributed by atoms with Crippen LogP contribution in [0.15, 0.2) is 24.3 Å². The number of halogens is 1. The SMILES string of the molecule is CCc1cc(NCc2ccc(CN(C)C)c(F)c2)nc(C)n1. The van der Waals surface area contributed by atoms with Crippen molar-refractivity contribution in [3.63, 3.8) is 0 Å². The average molecular weight is 302 g/mol. The lowest BCUT2D eigenvalue weighted by Gasteiger charge is -2.12. The summed E-state index contributed by atoms with van der Waals surface area (Å²) in [5.41, 5.74) is 2.61. The van der Waals surface area contributed by atoms with Gasteiger partial charge < -0.3 is 10.2 Å². The highest BCUT2D eigenvalue weighted by Crippen LogP contribution is 2.14. The molecule has 2 rings (SSSR count). The van der Waals surface area contributed by atoms with E-state index < -0.39 is 0 Å². The third kappa shape index (κ3) is 4.49. The van der Waals surface area contributed by atoms with E-state index in [1.165, 1.54) is 0 Å². The molecule has 4 nitrogen and oxygen atoms in total. The van der Waals surface area contributed by atoms with Crippen LogP contribution < -0.4 is 5.32 Å². The largest absolute Gasteiger partial charge is 0.366 e. The van der Waals surface area contributed by atoms with Crippen molar-refractivity contribution in [2.45, 2.75) is 33.4 Å². The minimum atomic E-state index is -0.166. The van der Waals surface area contributed by atoms with E-state index in [0.29, 0.717) is 18.7 Å². The summed E-state index contributed by atoms with van der Waals surface area (Å²) in [6.07, 6.45) is 0.867. The molecule has 0 unspecified atom stereocenters. The van der Waals surface area contributed by atoms with Crippen LogP contribution in [0.3, 0.4) is 0 Å². The number of anilines is 1. The molecule has 0 amide bonds. The molecule has 22 heavy (non-hydrogen) atoms. The van der Waals surface area contributed by atoms with Crippen molar-refractivity contribution >= 4 is 5.82 Å². The van der Waals surface area contributed by atoms with Crippen molar-refractivity contribution in [2.75, 3.05) is 19.4 Å². The zero-order valence-electron chi connectivity index (χ0n) is 13.7. The maximum absolute atomic E-state index is 14.0. The number of hydrogen-bond acceptors (Lipinski definition) is 4. The van der Waals surface area contributed by atoms with Gasteiger partial charge in [0.25, 0.3) is 0 Å². The lowest BCUT2D eigenvalue weighted by molar-refractivity contribution is 0.392. The van der Waals surface area contributed by atoms with Crippen molar-refractivity contribution in [1.29, 1.82) is 0 Å². The summed E-state index contributed by atoms with van der Waals surface area (Å²) in [6, 6.07) is 7.31. The fraction of sp³-hybridized carbons (Fsp3) is 0.412. The molecule has 118 valence electrons. The van der Waals surface area contributed by atoms with Crippen LogP contribution in [0.2, 0.25) is 0 Å². The Morgan fingerprint density at radius 1 is 1.18 bits per heavy atom. The number of hydrogen-bond donors (Lipinski definition) is 1. The standard InChI is InChI=1S/C17H23FN4/c1-5-15-9-17(21-12(2)20-15)19-10-13-6-7-14(11-22(3)4)16(18)8-13/h6-9H,5,10-11H2,1-4H3,(H,19,20,21). The van der Waals surface area contributed by atoms with E-state index in [1.807, 2.05) is 44.1 Å². The van der Waals surface area contributed by atoms with Crippen molar-refractivity contribution in [1.82, 2.24) is 14.9 Å². The van der Waals surface area contributed by atoms with Gasteiger partial charge in [0.05, 0.1) is 0 Å². The Labute approximate surface area is 131 Å². The molecule has 0 saturated heterocycles. The molecule has 1 aromatic heterocycles. The number of nitrogens with zero attached hydrogens (tertiary/aromatic N) is 3. The van der Waals surface area contributed by atoms with E-state index in [-0.39, 0.29) is 5.82 Å². The summed E-state index contributed by atoms with van der Waals surface area (Å²) in [5.74, 6) is 1.36. The number of rotatable bonds is 6. The Morgan fingerprint density at radius 3 is 2.59 bits per heavy atom. The van der Waals surface area contributed by atoms with Crippen molar-refractivity contribution in [3.05, 3.63) is 52.7 Å². The quantitative estimate of drug-likeness (QED) is 0.890. The maximum Gasteiger partial charge on any atom is 0.130 e. The number of nitrogens with one attached hydrogen (secondary N) is 1. The highest BCUT2D eigenvalue weighted by Gasteiger charge is 2.06. The van der Waals surface area contributed by atoms with Crippen LogP contribution in [-0.2, 0) is 19.5 Å². The zero-order valence-corrected chi connectivity index (χ0v) is 13.7. The molecule has 1 N–H and O–H groups in total. The van der Waals surface area contributed by atoms with Crippen LogP contribution in [0, 0.1) is 12.7 Å². The first kappa shape index (κ1) is 16.4. The minimum absolute atomic E-state index is 0.166. The van der Waals surface area contributed by atoms with Crippen molar-refractivity contribution in [2.24, 2.45) is 0 Å². The van der Waals surface area contributed by atoms with Crippen LogP contribution >= 0.6 is 0 Å². The second kappa shape index (κ2) is 7.31. The van der Waals surface area contributed by atoms with E-state index in [2.05, 4.69) is 22.2 Å². The predicted octanol–water partition coefficient (Wildman–Crippen LogP) is 3.16. The Balaban J connectivity index is 2.05. The third-order valence-electron chi connectivity index (χ3n) is 3.33. The summed E-state index contributed by atoms with van der Waals surface area (Å²) >= 11 is 0. The van der Waals surface area contributed by atoms with E-state index in [1.54, 1.807) is 6.07 Å². The summed E-state index contributed by atoms with van der Waals surface area (Å²) in [7, 11) is 3.86. The van der Waals surface area contributed by atoms with E-state index in [9.17, 15) is 4.39 Å². The highest BCUT2D eigenvalue weighted by atomic mass is 19.1. The second-order valence-electron chi connectivity index (χ2n) is 5.66. The molecule has 0 radical (unpaired) electrons. The zero-order chi connectivity index (χ0) is 16.1. The molecule has 0 aliphatic heterocycles. The highest BCUT2D eigenvalue weighted by molar-refractivity contribution is 5.37. The van der Waals surface area contributed by atoms with Gasteiger partial charge in [-0.3, -0.25) is 0 Å². The van der Waals surface area contributed by atoms with Gasteiger partial charge in [-0.2, -0.15) is 0 Å². The van der Waals surface area contributed by atoms with Crippen LogP contribution in [0.25, 0.3) is 0 Å². The topological polar surface area (TPSA) is 41.0 Å². The Morgan fingerprint density at radius 2 is 1.95 bits per heavy atom. The van der Waals surface area contributed by atoms with Gasteiger partial charge in [0.2, 0.25) is 0 Å². The van der Waals surface area contributed by atoms with Crippen LogP contribution in [0.1, 0.15) is 29.6 Å². The fourth-order valence-corrected chi connectivity index (χ4v) is 2.26. The Kier molecular flexibility index (Phi) is 5.44. The molecule has 2 aromatic rings. The normalized spacial score (nSPS) is 11.0. The Bertz CT molecular complexity index is 641. The van der Waals surface area contributed by atoms with Crippen molar-refractivity contribution in [3.8, 4) is 0 Å². The molecular weight excluding hydrogens is 279 g/mol. The lowest BCUT2D eigenvalue weighted by Crippen LogP contribution is -2.12. The van der Waals surface area contributed by atoms with Crippen LogP contribution in [-0.4, -0.2) is 29.0 Å². The second-order valence-corrected chi connectivity index (χ2v) is 5.66. The molecule has 1 heterocycles. The average Bonchev–Trinajstić information content (AvgIpc) is 2.46. The van der Waals surface area contributed by atoms with Crippen molar-refractivity contribution < 1.29 is 4.39 Å². The van der Waals surface area contributed by atoms with Gasteiger partial charge in [-0.1, -0.05) is 19.1 Å². The first-order valence-corrected chi connectivity index (χ1v) is 7.48. The molecule has 0 spiro atoms. The van der Waals surface area contributed by atoms with Gasteiger partial charge in [0.15, 0.2) is 0 Å². The van der Waals surface area contributed by atoms with Gasteiger partial charge in [-0.05, 0) is 39.1 Å². The first-order chi connectivity index (χ1) is 10.5. The predicted molar refractivity (Wildman–Crippen MR) is 87.3 cm³/mol. The molecule has 0 fully saturated rings. The number of aromatic nitrogens is 2. The third-order valence-corrected chi connectivity index (χ3v) is 3.33.